The van der Waals surface area contributed by atoms with Crippen LogP contribution in [0.4, 0.5) is 0 Å². The summed E-state index contributed by atoms with van der Waals surface area (Å²) in [5.41, 5.74) is 2.45. The highest BCUT2D eigenvalue weighted by atomic mass is 16.5. The predicted molar refractivity (Wildman–Crippen MR) is 95.2 cm³/mol. The minimum absolute atomic E-state index is 0.120. The Morgan fingerprint density at radius 3 is 2.84 bits per heavy atom. The molecular formula is C21H18O4. The second kappa shape index (κ2) is 6.13. The molecule has 2 aliphatic heterocycles. The molecule has 0 spiro atoms. The summed E-state index contributed by atoms with van der Waals surface area (Å²) in [4.78, 5) is 12.6. The molecule has 2 aromatic rings. The Morgan fingerprint density at radius 2 is 2.00 bits per heavy atom. The first-order valence-corrected chi connectivity index (χ1v) is 8.34. The van der Waals surface area contributed by atoms with Crippen LogP contribution in [0, 0.1) is 0 Å². The molecule has 4 heteroatoms. The van der Waals surface area contributed by atoms with E-state index in [1.807, 2.05) is 44.2 Å². The summed E-state index contributed by atoms with van der Waals surface area (Å²) in [7, 11) is 0. The van der Waals surface area contributed by atoms with Crippen molar-refractivity contribution in [3.63, 3.8) is 0 Å². The van der Waals surface area contributed by atoms with Gasteiger partial charge in [-0.2, -0.15) is 0 Å². The highest BCUT2D eigenvalue weighted by Crippen LogP contribution is 2.36. The number of benzene rings is 2. The molecule has 4 rings (SSSR count). The molecule has 0 bridgehead atoms. The molecule has 0 fully saturated rings. The van der Waals surface area contributed by atoms with Crippen LogP contribution in [0.25, 0.3) is 6.08 Å². The lowest BCUT2D eigenvalue weighted by Gasteiger charge is -2.22. The van der Waals surface area contributed by atoms with Gasteiger partial charge < -0.3 is 14.2 Å². The van der Waals surface area contributed by atoms with E-state index in [0.717, 1.165) is 16.9 Å². The van der Waals surface area contributed by atoms with Crippen molar-refractivity contribution in [2.24, 2.45) is 0 Å². The molecule has 0 aliphatic carbocycles. The van der Waals surface area contributed by atoms with Gasteiger partial charge in [-0.3, -0.25) is 4.79 Å². The molecule has 2 aromatic carbocycles. The maximum absolute atomic E-state index is 12.6. The third kappa shape index (κ3) is 2.80. The van der Waals surface area contributed by atoms with Gasteiger partial charge in [0.1, 0.15) is 23.4 Å². The number of fused-ring (bicyclic) bond motifs is 2. The van der Waals surface area contributed by atoms with Gasteiger partial charge in [-0.15, -0.1) is 0 Å². The van der Waals surface area contributed by atoms with E-state index in [1.165, 1.54) is 0 Å². The molecule has 126 valence electrons. The van der Waals surface area contributed by atoms with Crippen molar-refractivity contribution < 1.29 is 19.0 Å². The number of allylic oxidation sites excluding steroid dienone is 1. The maximum Gasteiger partial charge on any atom is 0.231 e. The largest absolute Gasteiger partial charge is 0.494 e. The fourth-order valence-corrected chi connectivity index (χ4v) is 3.00. The van der Waals surface area contributed by atoms with E-state index in [0.29, 0.717) is 29.4 Å². The van der Waals surface area contributed by atoms with Crippen LogP contribution in [0.2, 0.25) is 0 Å². The quantitative estimate of drug-likeness (QED) is 0.780. The zero-order chi connectivity index (χ0) is 17.4. The standard InChI is InChI=1S/C21H18O4/c1-3-23-16-8-9-17-19(12-16)25-20(21(17)22)11-15-10-14-6-4-5-7-18(14)24-13(15)2/h4-13H,3H2,1-2H3/t13-/m0/s1. The third-order valence-corrected chi connectivity index (χ3v) is 4.26. The third-order valence-electron chi connectivity index (χ3n) is 4.26. The topological polar surface area (TPSA) is 44.8 Å². The predicted octanol–water partition coefficient (Wildman–Crippen LogP) is 4.41. The van der Waals surface area contributed by atoms with E-state index in [-0.39, 0.29) is 11.9 Å². The summed E-state index contributed by atoms with van der Waals surface area (Å²) in [5, 5.41) is 0. The Labute approximate surface area is 146 Å². The highest BCUT2D eigenvalue weighted by Gasteiger charge is 2.29. The lowest BCUT2D eigenvalue weighted by Crippen LogP contribution is -2.18. The molecule has 0 unspecified atom stereocenters. The van der Waals surface area contributed by atoms with E-state index >= 15 is 0 Å². The maximum atomic E-state index is 12.6. The van der Waals surface area contributed by atoms with Gasteiger partial charge in [0, 0.05) is 11.6 Å². The van der Waals surface area contributed by atoms with E-state index in [9.17, 15) is 4.79 Å². The number of ether oxygens (including phenoxy) is 3. The molecule has 25 heavy (non-hydrogen) atoms. The highest BCUT2D eigenvalue weighted by molar-refractivity contribution is 6.12. The minimum atomic E-state index is -0.151. The molecule has 2 aliphatic rings. The number of hydrogen-bond donors (Lipinski definition) is 0. The summed E-state index contributed by atoms with van der Waals surface area (Å²) < 4.78 is 17.2. The molecule has 0 amide bonds. The molecule has 1 atom stereocenters. The van der Waals surface area contributed by atoms with Gasteiger partial charge in [0.05, 0.1) is 12.2 Å². The van der Waals surface area contributed by atoms with Gasteiger partial charge in [-0.1, -0.05) is 18.2 Å². The first-order chi connectivity index (χ1) is 12.2. The zero-order valence-electron chi connectivity index (χ0n) is 14.1. The van der Waals surface area contributed by atoms with E-state index in [2.05, 4.69) is 0 Å². The molecule has 2 heterocycles. The van der Waals surface area contributed by atoms with Gasteiger partial charge >= 0.3 is 0 Å². The number of rotatable bonds is 3. The number of carbonyl (C=O) groups excluding carboxylic acids is 1. The number of carbonyl (C=O) groups is 1. The Hall–Kier alpha value is -3.01. The SMILES string of the molecule is CCOc1ccc2c(c1)OC(=CC1=Cc3ccccc3O[C@H]1C)C2=O. The van der Waals surface area contributed by atoms with Crippen LogP contribution in [0.1, 0.15) is 29.8 Å². The average molecular weight is 334 g/mol. The molecule has 0 saturated heterocycles. The monoisotopic (exact) mass is 334 g/mol. The van der Waals surface area contributed by atoms with Crippen molar-refractivity contribution >= 4 is 11.9 Å². The Kier molecular flexibility index (Phi) is 3.80. The molecule has 0 N–H and O–H groups in total. The Balaban J connectivity index is 1.66. The van der Waals surface area contributed by atoms with E-state index in [4.69, 9.17) is 14.2 Å². The van der Waals surface area contributed by atoms with Gasteiger partial charge in [0.15, 0.2) is 5.76 Å². The van der Waals surface area contributed by atoms with Crippen molar-refractivity contribution in [2.75, 3.05) is 6.61 Å². The summed E-state index contributed by atoms with van der Waals surface area (Å²) in [6.45, 7) is 4.44. The van der Waals surface area contributed by atoms with Gasteiger partial charge in [-0.05, 0) is 49.8 Å². The first kappa shape index (κ1) is 15.5. The van der Waals surface area contributed by atoms with Crippen LogP contribution in [0.15, 0.2) is 59.9 Å². The molecule has 0 radical (unpaired) electrons. The fraction of sp³-hybridized carbons (Fsp3) is 0.190. The number of para-hydroxylation sites is 1. The van der Waals surface area contributed by atoms with Crippen LogP contribution in [-0.4, -0.2) is 18.5 Å². The summed E-state index contributed by atoms with van der Waals surface area (Å²) in [5.74, 6) is 2.26. The van der Waals surface area contributed by atoms with Crippen LogP contribution >= 0.6 is 0 Å². The van der Waals surface area contributed by atoms with Gasteiger partial charge in [0.2, 0.25) is 5.78 Å². The number of Topliss-reactive ketones (excluding diaryl/α,β-unsaturated/α-hetero) is 1. The van der Waals surface area contributed by atoms with Crippen LogP contribution in [-0.2, 0) is 0 Å². The van der Waals surface area contributed by atoms with Crippen molar-refractivity contribution in [3.8, 4) is 17.2 Å². The van der Waals surface area contributed by atoms with E-state index < -0.39 is 0 Å². The average Bonchev–Trinajstić information content (AvgIpc) is 2.91. The molecule has 0 aromatic heterocycles. The van der Waals surface area contributed by atoms with Gasteiger partial charge in [0.25, 0.3) is 0 Å². The number of hydrogen-bond acceptors (Lipinski definition) is 4. The number of ketones is 1. The summed E-state index contributed by atoms with van der Waals surface area (Å²) in [6, 6.07) is 13.1. The molecule has 4 nitrogen and oxygen atoms in total. The van der Waals surface area contributed by atoms with E-state index in [1.54, 1.807) is 24.3 Å². The van der Waals surface area contributed by atoms with Crippen molar-refractivity contribution in [1.29, 1.82) is 0 Å². The lowest BCUT2D eigenvalue weighted by atomic mass is 10.0. The van der Waals surface area contributed by atoms with Crippen LogP contribution in [0.5, 0.6) is 17.2 Å². The second-order valence-electron chi connectivity index (χ2n) is 5.97. The zero-order valence-corrected chi connectivity index (χ0v) is 14.1. The van der Waals surface area contributed by atoms with Crippen LogP contribution in [0.3, 0.4) is 0 Å². The van der Waals surface area contributed by atoms with Crippen LogP contribution < -0.4 is 14.2 Å². The summed E-state index contributed by atoms with van der Waals surface area (Å²) in [6.07, 6.45) is 3.65. The fourth-order valence-electron chi connectivity index (χ4n) is 3.00. The molecular weight excluding hydrogens is 316 g/mol. The first-order valence-electron chi connectivity index (χ1n) is 8.34. The lowest BCUT2D eigenvalue weighted by molar-refractivity contribution is 0.101. The smallest absolute Gasteiger partial charge is 0.231 e. The Bertz CT molecular complexity index is 908. The Morgan fingerprint density at radius 1 is 1.16 bits per heavy atom. The van der Waals surface area contributed by atoms with Crippen molar-refractivity contribution in [1.82, 2.24) is 0 Å². The second-order valence-corrected chi connectivity index (χ2v) is 5.97. The van der Waals surface area contributed by atoms with Gasteiger partial charge in [-0.25, -0.2) is 0 Å². The van der Waals surface area contributed by atoms with Crippen molar-refractivity contribution in [2.45, 2.75) is 20.0 Å². The summed E-state index contributed by atoms with van der Waals surface area (Å²) >= 11 is 0. The normalized spacial score (nSPS) is 19.6. The van der Waals surface area contributed by atoms with Crippen molar-refractivity contribution in [3.05, 3.63) is 71.0 Å². The minimum Gasteiger partial charge on any atom is -0.494 e. The molecule has 0 saturated carbocycles.